The van der Waals surface area contributed by atoms with Gasteiger partial charge in [0.25, 0.3) is 11.6 Å². The standard InChI is InChI=1S/C13H9N3O4/c14-13(18)11-5-4-9(7-15-11)12(17)8-2-1-3-10(6-8)16(19)20/h1-7H,(H2,14,18). The fraction of sp³-hybridized carbons (Fsp3) is 0. The van der Waals surface area contributed by atoms with E-state index in [4.69, 9.17) is 5.73 Å². The number of non-ortho nitro benzene ring substituents is 1. The highest BCUT2D eigenvalue weighted by atomic mass is 16.6. The SMILES string of the molecule is NC(=O)c1ccc(C(=O)c2cccc([N+](=O)[O-])c2)cn1. The van der Waals surface area contributed by atoms with Gasteiger partial charge in [-0.15, -0.1) is 0 Å². The molecule has 0 aliphatic heterocycles. The van der Waals surface area contributed by atoms with Crippen molar-refractivity contribution in [2.45, 2.75) is 0 Å². The van der Waals surface area contributed by atoms with Crippen LogP contribution in [-0.2, 0) is 0 Å². The van der Waals surface area contributed by atoms with Crippen LogP contribution in [0.4, 0.5) is 5.69 Å². The van der Waals surface area contributed by atoms with Gasteiger partial charge >= 0.3 is 0 Å². The van der Waals surface area contributed by atoms with Gasteiger partial charge in [0, 0.05) is 29.5 Å². The number of amides is 1. The number of carbonyl (C=O) groups excluding carboxylic acids is 2. The summed E-state index contributed by atoms with van der Waals surface area (Å²) in [6, 6.07) is 8.10. The maximum Gasteiger partial charge on any atom is 0.270 e. The van der Waals surface area contributed by atoms with Gasteiger partial charge in [-0.1, -0.05) is 12.1 Å². The Morgan fingerprint density at radius 3 is 2.45 bits per heavy atom. The predicted molar refractivity (Wildman–Crippen MR) is 69.3 cm³/mol. The molecular formula is C13H9N3O4. The molecule has 0 atom stereocenters. The summed E-state index contributed by atoms with van der Waals surface area (Å²) in [7, 11) is 0. The van der Waals surface area contributed by atoms with Crippen LogP contribution in [0.3, 0.4) is 0 Å². The molecule has 20 heavy (non-hydrogen) atoms. The number of nitrogens with zero attached hydrogens (tertiary/aromatic N) is 2. The lowest BCUT2D eigenvalue weighted by atomic mass is 10.0. The van der Waals surface area contributed by atoms with Gasteiger partial charge < -0.3 is 5.73 Å². The van der Waals surface area contributed by atoms with E-state index >= 15 is 0 Å². The summed E-state index contributed by atoms with van der Waals surface area (Å²) in [4.78, 5) is 36.8. The number of hydrogen-bond donors (Lipinski definition) is 1. The fourth-order valence-electron chi connectivity index (χ4n) is 1.60. The Morgan fingerprint density at radius 2 is 1.90 bits per heavy atom. The number of carbonyl (C=O) groups is 2. The van der Waals surface area contributed by atoms with Gasteiger partial charge in [0.1, 0.15) is 5.69 Å². The molecule has 0 saturated heterocycles. The second-order valence-electron chi connectivity index (χ2n) is 3.93. The Morgan fingerprint density at radius 1 is 1.15 bits per heavy atom. The maximum atomic E-state index is 12.1. The summed E-state index contributed by atoms with van der Waals surface area (Å²) in [5.41, 5.74) is 5.31. The Bertz CT molecular complexity index is 695. The summed E-state index contributed by atoms with van der Waals surface area (Å²) >= 11 is 0. The molecule has 0 spiro atoms. The minimum absolute atomic E-state index is 0.0422. The molecule has 1 aromatic heterocycles. The van der Waals surface area contributed by atoms with Crippen LogP contribution >= 0.6 is 0 Å². The highest BCUT2D eigenvalue weighted by Crippen LogP contribution is 2.16. The number of primary amides is 1. The van der Waals surface area contributed by atoms with Gasteiger partial charge in [0.15, 0.2) is 5.78 Å². The van der Waals surface area contributed by atoms with Crippen LogP contribution in [0.25, 0.3) is 0 Å². The molecule has 7 nitrogen and oxygen atoms in total. The second kappa shape index (κ2) is 5.27. The predicted octanol–water partition coefficient (Wildman–Crippen LogP) is 1.32. The van der Waals surface area contributed by atoms with Crippen molar-refractivity contribution in [1.82, 2.24) is 4.98 Å². The van der Waals surface area contributed by atoms with Crippen LogP contribution in [-0.4, -0.2) is 21.6 Å². The fourth-order valence-corrected chi connectivity index (χ4v) is 1.60. The molecule has 0 radical (unpaired) electrons. The molecule has 2 rings (SSSR count). The lowest BCUT2D eigenvalue weighted by Gasteiger charge is -2.01. The van der Waals surface area contributed by atoms with E-state index in [0.29, 0.717) is 0 Å². The molecule has 0 fully saturated rings. The van der Waals surface area contributed by atoms with Crippen LogP contribution < -0.4 is 5.73 Å². The van der Waals surface area contributed by atoms with Gasteiger partial charge in [-0.25, -0.2) is 0 Å². The van der Waals surface area contributed by atoms with Crippen LogP contribution in [0.15, 0.2) is 42.6 Å². The van der Waals surface area contributed by atoms with E-state index in [1.807, 2.05) is 0 Å². The van der Waals surface area contributed by atoms with Gasteiger partial charge in [0.2, 0.25) is 0 Å². The van der Waals surface area contributed by atoms with Crippen molar-refractivity contribution in [3.63, 3.8) is 0 Å². The van der Waals surface area contributed by atoms with Crippen LogP contribution in [0.2, 0.25) is 0 Å². The maximum absolute atomic E-state index is 12.1. The molecule has 0 aliphatic rings. The van der Waals surface area contributed by atoms with Crippen LogP contribution in [0, 0.1) is 10.1 Å². The minimum atomic E-state index is -0.695. The third kappa shape index (κ3) is 2.66. The Labute approximate surface area is 113 Å². The molecule has 1 aromatic carbocycles. The van der Waals surface area contributed by atoms with Crippen LogP contribution in [0.1, 0.15) is 26.4 Å². The molecule has 0 bridgehead atoms. The van der Waals surface area contributed by atoms with E-state index in [2.05, 4.69) is 4.98 Å². The van der Waals surface area contributed by atoms with E-state index in [1.165, 1.54) is 42.6 Å². The van der Waals surface area contributed by atoms with Crippen molar-refractivity contribution in [3.8, 4) is 0 Å². The Balaban J connectivity index is 2.33. The molecule has 1 heterocycles. The van der Waals surface area contributed by atoms with Gasteiger partial charge in [0.05, 0.1) is 4.92 Å². The van der Waals surface area contributed by atoms with Crippen LogP contribution in [0.5, 0.6) is 0 Å². The molecule has 7 heteroatoms. The average Bonchev–Trinajstić information content (AvgIpc) is 2.46. The molecular weight excluding hydrogens is 262 g/mol. The quantitative estimate of drug-likeness (QED) is 0.511. The number of aromatic nitrogens is 1. The Hall–Kier alpha value is -3.09. The number of benzene rings is 1. The lowest BCUT2D eigenvalue weighted by molar-refractivity contribution is -0.384. The lowest BCUT2D eigenvalue weighted by Crippen LogP contribution is -2.13. The minimum Gasteiger partial charge on any atom is -0.364 e. The first-order chi connectivity index (χ1) is 9.49. The summed E-state index contributed by atoms with van der Waals surface area (Å²) in [6.07, 6.45) is 1.21. The van der Waals surface area contributed by atoms with Gasteiger partial charge in [-0.05, 0) is 12.1 Å². The van der Waals surface area contributed by atoms with E-state index in [0.717, 1.165) is 0 Å². The summed E-state index contributed by atoms with van der Waals surface area (Å²) < 4.78 is 0. The van der Waals surface area contributed by atoms with E-state index in [-0.39, 0.29) is 22.5 Å². The van der Waals surface area contributed by atoms with Crippen molar-refractivity contribution in [2.24, 2.45) is 5.73 Å². The molecule has 0 saturated carbocycles. The van der Waals surface area contributed by atoms with E-state index in [1.54, 1.807) is 0 Å². The monoisotopic (exact) mass is 271 g/mol. The van der Waals surface area contributed by atoms with Gasteiger partial charge in [-0.2, -0.15) is 0 Å². The highest BCUT2D eigenvalue weighted by molar-refractivity contribution is 6.09. The van der Waals surface area contributed by atoms with Crippen molar-refractivity contribution in [3.05, 3.63) is 69.5 Å². The van der Waals surface area contributed by atoms with Crippen molar-refractivity contribution < 1.29 is 14.5 Å². The Kier molecular flexibility index (Phi) is 3.52. The summed E-state index contributed by atoms with van der Waals surface area (Å²) in [5.74, 6) is -1.11. The third-order valence-corrected chi connectivity index (χ3v) is 2.60. The number of hydrogen-bond acceptors (Lipinski definition) is 5. The highest BCUT2D eigenvalue weighted by Gasteiger charge is 2.14. The van der Waals surface area contributed by atoms with E-state index in [9.17, 15) is 19.7 Å². The first-order valence-electron chi connectivity index (χ1n) is 5.54. The molecule has 1 amide bonds. The largest absolute Gasteiger partial charge is 0.364 e. The van der Waals surface area contributed by atoms with Crippen molar-refractivity contribution in [2.75, 3.05) is 0 Å². The summed E-state index contributed by atoms with van der Waals surface area (Å²) in [6.45, 7) is 0. The molecule has 2 aromatic rings. The smallest absolute Gasteiger partial charge is 0.270 e. The first kappa shape index (κ1) is 13.3. The number of rotatable bonds is 4. The normalized spacial score (nSPS) is 10.0. The third-order valence-electron chi connectivity index (χ3n) is 2.60. The number of nitrogens with two attached hydrogens (primary N) is 1. The molecule has 100 valence electrons. The van der Waals surface area contributed by atoms with E-state index < -0.39 is 16.6 Å². The zero-order valence-corrected chi connectivity index (χ0v) is 10.1. The average molecular weight is 271 g/mol. The van der Waals surface area contributed by atoms with Gasteiger partial charge in [-0.3, -0.25) is 24.7 Å². The number of ketones is 1. The number of pyridine rings is 1. The van der Waals surface area contributed by atoms with Crippen molar-refractivity contribution >= 4 is 17.4 Å². The zero-order chi connectivity index (χ0) is 14.7. The molecule has 0 aliphatic carbocycles. The summed E-state index contributed by atoms with van der Waals surface area (Å²) in [5, 5.41) is 10.7. The zero-order valence-electron chi connectivity index (χ0n) is 10.1. The number of nitro groups is 1. The second-order valence-corrected chi connectivity index (χ2v) is 3.93. The topological polar surface area (TPSA) is 116 Å². The molecule has 0 unspecified atom stereocenters. The number of nitro benzene ring substituents is 1. The van der Waals surface area contributed by atoms with Crippen molar-refractivity contribution in [1.29, 1.82) is 0 Å². The first-order valence-corrected chi connectivity index (χ1v) is 5.54. The molecule has 2 N–H and O–H groups in total.